The van der Waals surface area contributed by atoms with Gasteiger partial charge in [0.15, 0.2) is 0 Å². The minimum atomic E-state index is -4.55. The Balaban J connectivity index is 1.40. The summed E-state index contributed by atoms with van der Waals surface area (Å²) in [6, 6.07) is 5.56. The highest BCUT2D eigenvalue weighted by atomic mass is 19.4. The molecule has 3 aliphatic carbocycles. The number of rotatable bonds is 2. The molecule has 9 heteroatoms. The molecule has 7 unspecified atom stereocenters. The van der Waals surface area contributed by atoms with Gasteiger partial charge in [-0.25, -0.2) is 0 Å². The molecule has 7 atom stereocenters. The van der Waals surface area contributed by atoms with E-state index in [1.165, 1.54) is 0 Å². The number of aliphatic hydroxyl groups is 2. The fourth-order valence-electron chi connectivity index (χ4n) is 8.68. The Morgan fingerprint density at radius 1 is 1.18 bits per heavy atom. The van der Waals surface area contributed by atoms with Gasteiger partial charge in [-0.3, -0.25) is 5.10 Å². The number of nitrogens with zero attached hydrogens (tertiary/aromatic N) is 2. The minimum Gasteiger partial charge on any atom is -0.388 e. The van der Waals surface area contributed by atoms with Crippen LogP contribution in [-0.2, 0) is 4.74 Å². The summed E-state index contributed by atoms with van der Waals surface area (Å²) in [7, 11) is 3.69. The Kier molecular flexibility index (Phi) is 5.13. The van der Waals surface area contributed by atoms with Gasteiger partial charge in [-0.2, -0.15) is 18.3 Å². The molecule has 2 bridgehead atoms. The highest BCUT2D eigenvalue weighted by Crippen LogP contribution is 2.70. The van der Waals surface area contributed by atoms with Crippen LogP contribution in [0.15, 0.2) is 47.1 Å². The zero-order valence-corrected chi connectivity index (χ0v) is 22.6. The van der Waals surface area contributed by atoms with E-state index in [1.54, 1.807) is 6.08 Å². The van der Waals surface area contributed by atoms with Crippen molar-refractivity contribution >= 4 is 16.5 Å². The Labute approximate surface area is 225 Å². The molecule has 208 valence electrons. The van der Waals surface area contributed by atoms with E-state index in [0.717, 1.165) is 27.7 Å². The van der Waals surface area contributed by atoms with Crippen molar-refractivity contribution in [3.63, 3.8) is 0 Å². The van der Waals surface area contributed by atoms with Gasteiger partial charge in [0.05, 0.1) is 22.8 Å². The van der Waals surface area contributed by atoms with Crippen LogP contribution >= 0.6 is 0 Å². The molecule has 3 heterocycles. The number of halogens is 3. The van der Waals surface area contributed by atoms with E-state index in [-0.39, 0.29) is 24.0 Å². The number of aromatic amines is 1. The molecule has 1 saturated heterocycles. The number of alkyl halides is 3. The van der Waals surface area contributed by atoms with Gasteiger partial charge in [-0.1, -0.05) is 25.1 Å². The van der Waals surface area contributed by atoms with Crippen LogP contribution in [0.3, 0.4) is 0 Å². The standard InChI is InChI=1S/C30H34F3N3O3/c1-15-17-11-16(5-7-22(17)35-34-15)18-6-8-24-27(18,2)13-21(30(31,32)33)19-12-20-25(37)26(38)23(36(3)4)14-28(20)9-10-29(19,24)39-28/h5-7,11-12,23-26,37-38H,8-10,13-14H2,1-4H3,(H,34,35). The smallest absolute Gasteiger partial charge is 0.388 e. The summed E-state index contributed by atoms with van der Waals surface area (Å²) in [5, 5.41) is 30.3. The monoisotopic (exact) mass is 541 g/mol. The fraction of sp³-hybridized carbons (Fsp3) is 0.567. The minimum absolute atomic E-state index is 0.158. The van der Waals surface area contributed by atoms with Crippen molar-refractivity contribution in [3.8, 4) is 0 Å². The molecule has 0 radical (unpaired) electrons. The number of nitrogens with one attached hydrogen (secondary N) is 1. The Morgan fingerprint density at radius 3 is 2.67 bits per heavy atom. The van der Waals surface area contributed by atoms with Crippen LogP contribution in [0, 0.1) is 18.3 Å². The summed E-state index contributed by atoms with van der Waals surface area (Å²) in [5.74, 6) is -0.179. The molecule has 5 aliphatic rings. The maximum atomic E-state index is 14.9. The molecule has 39 heavy (non-hydrogen) atoms. The second kappa shape index (κ2) is 7.84. The van der Waals surface area contributed by atoms with Crippen LogP contribution < -0.4 is 0 Å². The molecule has 2 spiro atoms. The Morgan fingerprint density at radius 2 is 1.95 bits per heavy atom. The van der Waals surface area contributed by atoms with Crippen LogP contribution in [0.2, 0.25) is 0 Å². The van der Waals surface area contributed by atoms with Crippen LogP contribution in [0.25, 0.3) is 16.5 Å². The highest BCUT2D eigenvalue weighted by molar-refractivity contribution is 5.87. The van der Waals surface area contributed by atoms with E-state index in [1.807, 2.05) is 51.0 Å². The average molecular weight is 542 g/mol. The SMILES string of the molecule is Cc1[nH]nc2ccc(C3=CCC4C3(C)CC(C(F)(F)F)=C3C=C5C(O)C(O)C(N(C)C)CC56CCC34O6)cc12. The average Bonchev–Trinajstić information content (AvgIpc) is 3.52. The lowest BCUT2D eigenvalue weighted by Crippen LogP contribution is -2.62. The molecular formula is C30H34F3N3O3. The summed E-state index contributed by atoms with van der Waals surface area (Å²) >= 11 is 0. The third-order valence-electron chi connectivity index (χ3n) is 10.6. The normalized spacial score (nSPS) is 39.5. The van der Waals surface area contributed by atoms with Gasteiger partial charge in [-0.15, -0.1) is 0 Å². The summed E-state index contributed by atoms with van der Waals surface area (Å²) in [5.41, 5.74) is 0.800. The third kappa shape index (κ3) is 3.21. The first-order chi connectivity index (χ1) is 18.3. The van der Waals surface area contributed by atoms with Gasteiger partial charge >= 0.3 is 6.18 Å². The second-order valence-electron chi connectivity index (χ2n) is 12.7. The molecule has 1 aromatic heterocycles. The summed E-state index contributed by atoms with van der Waals surface area (Å²) in [4.78, 5) is 1.87. The predicted molar refractivity (Wildman–Crippen MR) is 141 cm³/mol. The molecule has 2 aliphatic heterocycles. The number of hydrogen-bond acceptors (Lipinski definition) is 5. The number of benzene rings is 1. The van der Waals surface area contributed by atoms with Crippen LogP contribution in [-0.4, -0.2) is 75.0 Å². The van der Waals surface area contributed by atoms with Gasteiger partial charge < -0.3 is 19.8 Å². The van der Waals surface area contributed by atoms with Gasteiger partial charge in [-0.05, 0) is 87.5 Å². The molecule has 1 saturated carbocycles. The zero-order valence-electron chi connectivity index (χ0n) is 22.6. The number of H-pyrrole nitrogens is 1. The van der Waals surface area contributed by atoms with Crippen LogP contribution in [0.1, 0.15) is 50.3 Å². The van der Waals surface area contributed by atoms with Crippen molar-refractivity contribution < 1.29 is 28.1 Å². The molecule has 7 rings (SSSR count). The second-order valence-corrected chi connectivity index (χ2v) is 12.7. The molecule has 6 nitrogen and oxygen atoms in total. The maximum absolute atomic E-state index is 14.9. The van der Waals surface area contributed by atoms with E-state index in [2.05, 4.69) is 16.3 Å². The molecule has 3 N–H and O–H groups in total. The van der Waals surface area contributed by atoms with E-state index in [4.69, 9.17) is 4.74 Å². The third-order valence-corrected chi connectivity index (χ3v) is 10.6. The fourth-order valence-corrected chi connectivity index (χ4v) is 8.68. The predicted octanol–water partition coefficient (Wildman–Crippen LogP) is 4.83. The number of hydrogen-bond donors (Lipinski definition) is 3. The number of ether oxygens (including phenoxy) is 1. The van der Waals surface area contributed by atoms with Gasteiger partial charge in [0.25, 0.3) is 0 Å². The Hall–Kier alpha value is -2.46. The lowest BCUT2D eigenvalue weighted by Gasteiger charge is -2.57. The number of aliphatic hydroxyl groups excluding tert-OH is 2. The molecule has 1 aromatic carbocycles. The number of aryl methyl sites for hydroxylation is 1. The number of aromatic nitrogens is 2. The van der Waals surface area contributed by atoms with E-state index in [9.17, 15) is 23.4 Å². The molecule has 0 amide bonds. The lowest BCUT2D eigenvalue weighted by atomic mass is 9.56. The van der Waals surface area contributed by atoms with Gasteiger partial charge in [0, 0.05) is 34.0 Å². The van der Waals surface area contributed by atoms with E-state index in [0.29, 0.717) is 31.3 Å². The topological polar surface area (TPSA) is 81.6 Å². The molecule has 2 fully saturated rings. The van der Waals surface area contributed by atoms with Crippen molar-refractivity contribution in [1.29, 1.82) is 0 Å². The van der Waals surface area contributed by atoms with E-state index < -0.39 is 40.6 Å². The van der Waals surface area contributed by atoms with Crippen LogP contribution in [0.5, 0.6) is 0 Å². The quantitative estimate of drug-likeness (QED) is 0.508. The van der Waals surface area contributed by atoms with Crippen molar-refractivity contribution in [2.24, 2.45) is 11.3 Å². The Bertz CT molecular complexity index is 1490. The first-order valence-corrected chi connectivity index (χ1v) is 13.7. The number of fused-ring (bicyclic) bond motifs is 2. The van der Waals surface area contributed by atoms with Crippen molar-refractivity contribution in [2.45, 2.75) is 81.6 Å². The van der Waals surface area contributed by atoms with Crippen molar-refractivity contribution in [3.05, 3.63) is 58.3 Å². The molecular weight excluding hydrogens is 507 g/mol. The zero-order chi connectivity index (χ0) is 27.7. The summed E-state index contributed by atoms with van der Waals surface area (Å²) in [6.45, 7) is 3.91. The first-order valence-electron chi connectivity index (χ1n) is 13.7. The summed E-state index contributed by atoms with van der Waals surface area (Å²) < 4.78 is 51.6. The first kappa shape index (κ1) is 25.5. The molecule has 2 aromatic rings. The van der Waals surface area contributed by atoms with Gasteiger partial charge in [0.1, 0.15) is 6.10 Å². The van der Waals surface area contributed by atoms with Crippen molar-refractivity contribution in [2.75, 3.05) is 14.1 Å². The van der Waals surface area contributed by atoms with Crippen LogP contribution in [0.4, 0.5) is 13.2 Å². The number of likely N-dealkylation sites (N-methyl/N-ethyl adjacent to an activating group) is 1. The highest BCUT2D eigenvalue weighted by Gasteiger charge is 2.69. The summed E-state index contributed by atoms with van der Waals surface area (Å²) in [6.07, 6.45) is -1.40. The van der Waals surface area contributed by atoms with E-state index >= 15 is 0 Å². The lowest BCUT2D eigenvalue weighted by molar-refractivity contribution is -0.170. The number of allylic oxidation sites excluding steroid dienone is 3. The van der Waals surface area contributed by atoms with Crippen molar-refractivity contribution in [1.82, 2.24) is 15.1 Å². The maximum Gasteiger partial charge on any atom is 0.413 e. The largest absolute Gasteiger partial charge is 0.413 e. The van der Waals surface area contributed by atoms with Gasteiger partial charge in [0.2, 0.25) is 0 Å².